The van der Waals surface area contributed by atoms with Crippen molar-refractivity contribution in [2.45, 2.75) is 6.92 Å². The molecular weight excluding hydrogens is 254 g/mol. The minimum Gasteiger partial charge on any atom is -0.508 e. The number of carbonyl (C=O) groups excluding carboxylic acids is 1. The molecule has 0 aliphatic carbocycles. The van der Waals surface area contributed by atoms with Crippen LogP contribution < -0.4 is 11.2 Å². The fourth-order valence-corrected chi connectivity index (χ4v) is 1.67. The number of nitrogens with one attached hydrogen (secondary N) is 1. The van der Waals surface area contributed by atoms with Crippen molar-refractivity contribution in [2.24, 2.45) is 5.10 Å². The number of hydrogen-bond donors (Lipinski definition) is 3. The molecule has 0 heterocycles. The number of benzene rings is 2. The van der Waals surface area contributed by atoms with Crippen molar-refractivity contribution in [3.63, 3.8) is 0 Å². The van der Waals surface area contributed by atoms with E-state index in [-0.39, 0.29) is 11.7 Å². The van der Waals surface area contributed by atoms with Gasteiger partial charge in [-0.05, 0) is 48.9 Å². The highest BCUT2D eigenvalue weighted by Gasteiger charge is 2.07. The Hall–Kier alpha value is -2.82. The number of hydrogen-bond acceptors (Lipinski definition) is 4. The molecule has 0 atom stereocenters. The number of nitrogens with zero attached hydrogens (tertiary/aromatic N) is 1. The summed E-state index contributed by atoms with van der Waals surface area (Å²) in [7, 11) is 0. The Bertz CT molecular complexity index is 648. The summed E-state index contributed by atoms with van der Waals surface area (Å²) >= 11 is 0. The summed E-state index contributed by atoms with van der Waals surface area (Å²) in [5, 5.41) is 13.2. The van der Waals surface area contributed by atoms with Crippen molar-refractivity contribution in [1.29, 1.82) is 0 Å². The van der Waals surface area contributed by atoms with Crippen LogP contribution in [0.1, 0.15) is 22.8 Å². The van der Waals surface area contributed by atoms with Crippen LogP contribution in [0.4, 0.5) is 5.69 Å². The van der Waals surface area contributed by atoms with Crippen LogP contribution in [0.5, 0.6) is 5.75 Å². The van der Waals surface area contributed by atoms with Gasteiger partial charge in [-0.15, -0.1) is 0 Å². The molecule has 2 rings (SSSR count). The normalized spacial score (nSPS) is 11.2. The van der Waals surface area contributed by atoms with Gasteiger partial charge in [-0.1, -0.05) is 12.1 Å². The van der Waals surface area contributed by atoms with Crippen LogP contribution in [0, 0.1) is 0 Å². The molecule has 0 fully saturated rings. The fourth-order valence-electron chi connectivity index (χ4n) is 1.67. The summed E-state index contributed by atoms with van der Waals surface area (Å²) in [5.41, 5.74) is 10.4. The Morgan fingerprint density at radius 3 is 2.45 bits per heavy atom. The summed E-state index contributed by atoms with van der Waals surface area (Å²) in [6.07, 6.45) is 0. The number of carbonyl (C=O) groups is 1. The van der Waals surface area contributed by atoms with E-state index in [0.29, 0.717) is 17.0 Å². The average Bonchev–Trinajstić information content (AvgIpc) is 2.45. The highest BCUT2D eigenvalue weighted by molar-refractivity contribution is 6.02. The highest BCUT2D eigenvalue weighted by atomic mass is 16.3. The molecule has 0 saturated carbocycles. The second-order valence-electron chi connectivity index (χ2n) is 4.27. The molecule has 0 saturated heterocycles. The number of phenolic OH excluding ortho intramolecular Hbond substituents is 1. The van der Waals surface area contributed by atoms with Crippen LogP contribution in [0.3, 0.4) is 0 Å². The molecule has 102 valence electrons. The molecule has 5 heteroatoms. The number of anilines is 1. The Labute approximate surface area is 116 Å². The highest BCUT2D eigenvalue weighted by Crippen LogP contribution is 2.11. The average molecular weight is 269 g/mol. The van der Waals surface area contributed by atoms with E-state index < -0.39 is 0 Å². The van der Waals surface area contributed by atoms with Crippen molar-refractivity contribution in [3.05, 3.63) is 59.7 Å². The predicted molar refractivity (Wildman–Crippen MR) is 78.6 cm³/mol. The number of aromatic hydroxyl groups is 1. The number of hydrazone groups is 1. The minimum atomic E-state index is -0.360. The molecule has 0 aromatic heterocycles. The molecule has 0 radical (unpaired) electrons. The van der Waals surface area contributed by atoms with Gasteiger partial charge in [0.15, 0.2) is 0 Å². The molecule has 2 aromatic carbocycles. The Balaban J connectivity index is 2.11. The number of phenols is 1. The van der Waals surface area contributed by atoms with Gasteiger partial charge in [-0.25, -0.2) is 5.43 Å². The van der Waals surface area contributed by atoms with Gasteiger partial charge in [0.05, 0.1) is 11.3 Å². The van der Waals surface area contributed by atoms with Crippen molar-refractivity contribution in [1.82, 2.24) is 5.43 Å². The van der Waals surface area contributed by atoms with E-state index in [1.54, 1.807) is 55.5 Å². The van der Waals surface area contributed by atoms with E-state index >= 15 is 0 Å². The lowest BCUT2D eigenvalue weighted by Gasteiger charge is -2.05. The molecule has 5 nitrogen and oxygen atoms in total. The Kier molecular flexibility index (Phi) is 4.00. The van der Waals surface area contributed by atoms with Gasteiger partial charge in [0.1, 0.15) is 5.75 Å². The van der Waals surface area contributed by atoms with Crippen LogP contribution in [-0.4, -0.2) is 16.7 Å². The monoisotopic (exact) mass is 269 g/mol. The van der Waals surface area contributed by atoms with Gasteiger partial charge < -0.3 is 10.8 Å². The zero-order valence-electron chi connectivity index (χ0n) is 11.0. The lowest BCUT2D eigenvalue weighted by Crippen LogP contribution is -2.20. The van der Waals surface area contributed by atoms with Crippen LogP contribution in [-0.2, 0) is 0 Å². The van der Waals surface area contributed by atoms with Crippen molar-refractivity contribution >= 4 is 17.3 Å². The molecular formula is C15H15N3O2. The summed E-state index contributed by atoms with van der Waals surface area (Å²) < 4.78 is 0. The zero-order valence-corrected chi connectivity index (χ0v) is 11.0. The van der Waals surface area contributed by atoms with E-state index in [1.165, 1.54) is 0 Å². The Morgan fingerprint density at radius 2 is 1.80 bits per heavy atom. The van der Waals surface area contributed by atoms with Gasteiger partial charge in [-0.3, -0.25) is 4.79 Å². The summed E-state index contributed by atoms with van der Waals surface area (Å²) in [5.74, 6) is -0.177. The molecule has 2 aromatic rings. The van der Waals surface area contributed by atoms with Crippen LogP contribution in [0.15, 0.2) is 53.6 Å². The second-order valence-corrected chi connectivity index (χ2v) is 4.27. The molecule has 0 aliphatic rings. The number of amides is 1. The topological polar surface area (TPSA) is 87.7 Å². The number of nitrogens with two attached hydrogens (primary N) is 1. The fraction of sp³-hybridized carbons (Fsp3) is 0.0667. The standard InChI is InChI=1S/C15H15N3O2/c1-10(11-6-8-12(19)9-7-11)17-18-15(20)13-4-2-3-5-14(13)16/h2-9,19H,16H2,1H3,(H,18,20)/b17-10+. The van der Waals surface area contributed by atoms with Crippen LogP contribution in [0.25, 0.3) is 0 Å². The Morgan fingerprint density at radius 1 is 1.15 bits per heavy atom. The summed E-state index contributed by atoms with van der Waals surface area (Å²) in [4.78, 5) is 11.9. The lowest BCUT2D eigenvalue weighted by atomic mass is 10.1. The summed E-state index contributed by atoms with van der Waals surface area (Å²) in [6, 6.07) is 13.4. The quantitative estimate of drug-likeness (QED) is 0.453. The number of rotatable bonds is 3. The van der Waals surface area contributed by atoms with Gasteiger partial charge in [0, 0.05) is 5.69 Å². The van der Waals surface area contributed by atoms with Crippen molar-refractivity contribution in [3.8, 4) is 5.75 Å². The first-order chi connectivity index (χ1) is 9.58. The first-order valence-electron chi connectivity index (χ1n) is 6.06. The SMILES string of the molecule is C/C(=N\NC(=O)c1ccccc1N)c1ccc(O)cc1. The number of nitrogen functional groups attached to an aromatic ring is 1. The molecule has 20 heavy (non-hydrogen) atoms. The third-order valence-electron chi connectivity index (χ3n) is 2.82. The zero-order chi connectivity index (χ0) is 14.5. The van der Waals surface area contributed by atoms with E-state index in [1.807, 2.05) is 0 Å². The first-order valence-corrected chi connectivity index (χ1v) is 6.06. The molecule has 0 bridgehead atoms. The van der Waals surface area contributed by atoms with Gasteiger partial charge >= 0.3 is 0 Å². The maximum absolute atomic E-state index is 11.9. The third kappa shape index (κ3) is 3.14. The van der Waals surface area contributed by atoms with Gasteiger partial charge in [0.25, 0.3) is 5.91 Å². The molecule has 0 unspecified atom stereocenters. The molecule has 1 amide bonds. The minimum absolute atomic E-state index is 0.183. The largest absolute Gasteiger partial charge is 0.508 e. The number of para-hydroxylation sites is 1. The van der Waals surface area contributed by atoms with E-state index in [9.17, 15) is 9.90 Å². The van der Waals surface area contributed by atoms with Crippen LogP contribution >= 0.6 is 0 Å². The lowest BCUT2D eigenvalue weighted by molar-refractivity contribution is 0.0955. The van der Waals surface area contributed by atoms with Crippen molar-refractivity contribution in [2.75, 3.05) is 5.73 Å². The maximum Gasteiger partial charge on any atom is 0.273 e. The van der Waals surface area contributed by atoms with Gasteiger partial charge in [-0.2, -0.15) is 5.10 Å². The van der Waals surface area contributed by atoms with E-state index in [2.05, 4.69) is 10.5 Å². The second kappa shape index (κ2) is 5.88. The molecule has 0 spiro atoms. The maximum atomic E-state index is 11.9. The first kappa shape index (κ1) is 13.6. The van der Waals surface area contributed by atoms with E-state index in [4.69, 9.17) is 5.73 Å². The van der Waals surface area contributed by atoms with Crippen molar-refractivity contribution < 1.29 is 9.90 Å². The predicted octanol–water partition coefficient (Wildman–Crippen LogP) is 2.13. The molecule has 4 N–H and O–H groups in total. The smallest absolute Gasteiger partial charge is 0.273 e. The third-order valence-corrected chi connectivity index (χ3v) is 2.82. The molecule has 0 aliphatic heterocycles. The summed E-state index contributed by atoms with van der Waals surface area (Å²) in [6.45, 7) is 1.76. The van der Waals surface area contributed by atoms with Crippen LogP contribution in [0.2, 0.25) is 0 Å². The van der Waals surface area contributed by atoms with E-state index in [0.717, 1.165) is 5.56 Å². The van der Waals surface area contributed by atoms with Gasteiger partial charge in [0.2, 0.25) is 0 Å².